The summed E-state index contributed by atoms with van der Waals surface area (Å²) in [4.78, 5) is 13.6. The van der Waals surface area contributed by atoms with Crippen molar-refractivity contribution in [3.8, 4) is 0 Å². The summed E-state index contributed by atoms with van der Waals surface area (Å²) in [6.45, 7) is 8.77. The molecule has 94 valence electrons. The Balaban J connectivity index is 2.64. The number of nitrogens with zero attached hydrogens (tertiary/aromatic N) is 1. The summed E-state index contributed by atoms with van der Waals surface area (Å²) in [5, 5.41) is 0. The van der Waals surface area contributed by atoms with E-state index in [1.807, 2.05) is 6.92 Å². The van der Waals surface area contributed by atoms with Gasteiger partial charge in [0.2, 0.25) is 5.91 Å². The van der Waals surface area contributed by atoms with Crippen LogP contribution in [-0.2, 0) is 9.53 Å². The van der Waals surface area contributed by atoms with Crippen molar-refractivity contribution in [3.05, 3.63) is 0 Å². The number of ether oxygens (including phenoxy) is 1. The van der Waals surface area contributed by atoms with Crippen molar-refractivity contribution in [1.29, 1.82) is 0 Å². The van der Waals surface area contributed by atoms with Gasteiger partial charge in [0, 0.05) is 13.1 Å². The lowest BCUT2D eigenvalue weighted by atomic mass is 10.00. The van der Waals surface area contributed by atoms with E-state index >= 15 is 0 Å². The average Bonchev–Trinajstić information content (AvgIpc) is 2.25. The smallest absolute Gasteiger partial charge is 0.237 e. The molecule has 4 nitrogen and oxygen atoms in total. The molecule has 2 N–H and O–H groups in total. The molecule has 0 saturated carbocycles. The molecule has 0 unspecified atom stereocenters. The van der Waals surface area contributed by atoms with E-state index < -0.39 is 0 Å². The molecule has 1 fully saturated rings. The summed E-state index contributed by atoms with van der Waals surface area (Å²) >= 11 is 0. The SMILES string of the molecule is CCC(CC)CN1CCO[C@H](C)[C@H]1C(N)=O. The maximum Gasteiger partial charge on any atom is 0.237 e. The van der Waals surface area contributed by atoms with Crippen LogP contribution in [0.1, 0.15) is 33.6 Å². The predicted octanol–water partition coefficient (Wildman–Crippen LogP) is 0.997. The molecule has 0 radical (unpaired) electrons. The monoisotopic (exact) mass is 228 g/mol. The van der Waals surface area contributed by atoms with Gasteiger partial charge in [-0.3, -0.25) is 9.69 Å². The Hall–Kier alpha value is -0.610. The van der Waals surface area contributed by atoms with E-state index in [0.29, 0.717) is 12.5 Å². The molecule has 16 heavy (non-hydrogen) atoms. The molecule has 0 aromatic carbocycles. The standard InChI is InChI=1S/C12H24N2O2/c1-4-10(5-2)8-14-6-7-16-9(3)11(14)12(13)15/h9-11H,4-8H2,1-3H3,(H2,13,15)/t9-,11+/m1/s1. The van der Waals surface area contributed by atoms with Crippen molar-refractivity contribution in [2.75, 3.05) is 19.7 Å². The highest BCUT2D eigenvalue weighted by Crippen LogP contribution is 2.18. The molecule has 4 heteroatoms. The Kier molecular flexibility index (Phi) is 5.22. The van der Waals surface area contributed by atoms with Gasteiger partial charge in [-0.2, -0.15) is 0 Å². The summed E-state index contributed by atoms with van der Waals surface area (Å²) in [7, 11) is 0. The molecule has 0 aromatic heterocycles. The zero-order chi connectivity index (χ0) is 12.1. The van der Waals surface area contributed by atoms with E-state index in [1.165, 1.54) is 0 Å². The van der Waals surface area contributed by atoms with Gasteiger partial charge in [-0.25, -0.2) is 0 Å². The molecule has 1 amide bonds. The summed E-state index contributed by atoms with van der Waals surface area (Å²) in [5.41, 5.74) is 5.45. The zero-order valence-corrected chi connectivity index (χ0v) is 10.6. The summed E-state index contributed by atoms with van der Waals surface area (Å²) in [5.74, 6) is 0.380. The molecule has 0 bridgehead atoms. The first-order valence-electron chi connectivity index (χ1n) is 6.25. The molecule has 1 heterocycles. The fraction of sp³-hybridized carbons (Fsp3) is 0.917. The maximum absolute atomic E-state index is 11.4. The van der Waals surface area contributed by atoms with Gasteiger partial charge in [-0.05, 0) is 12.8 Å². The lowest BCUT2D eigenvalue weighted by molar-refractivity contribution is -0.136. The molecule has 2 atom stereocenters. The van der Waals surface area contributed by atoms with Gasteiger partial charge in [-0.1, -0.05) is 26.7 Å². The van der Waals surface area contributed by atoms with Crippen LogP contribution in [0.3, 0.4) is 0 Å². The van der Waals surface area contributed by atoms with Crippen LogP contribution in [0.15, 0.2) is 0 Å². The number of primary amides is 1. The largest absolute Gasteiger partial charge is 0.375 e. The van der Waals surface area contributed by atoms with Crippen molar-refractivity contribution in [2.45, 2.75) is 45.8 Å². The average molecular weight is 228 g/mol. The molecular formula is C12H24N2O2. The Morgan fingerprint density at radius 2 is 2.12 bits per heavy atom. The fourth-order valence-corrected chi connectivity index (χ4v) is 2.38. The van der Waals surface area contributed by atoms with Crippen LogP contribution in [-0.4, -0.2) is 42.6 Å². The first-order chi connectivity index (χ1) is 7.60. The van der Waals surface area contributed by atoms with E-state index in [4.69, 9.17) is 10.5 Å². The summed E-state index contributed by atoms with van der Waals surface area (Å²) < 4.78 is 5.49. The number of nitrogens with two attached hydrogens (primary N) is 1. The third-order valence-electron chi connectivity index (χ3n) is 3.54. The van der Waals surface area contributed by atoms with Crippen LogP contribution in [0, 0.1) is 5.92 Å². The Morgan fingerprint density at radius 1 is 1.50 bits per heavy atom. The normalized spacial score (nSPS) is 27.2. The molecular weight excluding hydrogens is 204 g/mol. The maximum atomic E-state index is 11.4. The number of amides is 1. The van der Waals surface area contributed by atoms with Crippen LogP contribution in [0.25, 0.3) is 0 Å². The second-order valence-electron chi connectivity index (χ2n) is 4.60. The van der Waals surface area contributed by atoms with E-state index in [1.54, 1.807) is 0 Å². The van der Waals surface area contributed by atoms with Gasteiger partial charge < -0.3 is 10.5 Å². The van der Waals surface area contributed by atoms with E-state index in [9.17, 15) is 4.79 Å². The minimum Gasteiger partial charge on any atom is -0.375 e. The number of rotatable bonds is 5. The van der Waals surface area contributed by atoms with Gasteiger partial charge in [0.05, 0.1) is 12.7 Å². The molecule has 0 spiro atoms. The minimum absolute atomic E-state index is 0.0828. The first kappa shape index (κ1) is 13.5. The first-order valence-corrected chi connectivity index (χ1v) is 6.25. The number of hydrogen-bond donors (Lipinski definition) is 1. The number of hydrogen-bond acceptors (Lipinski definition) is 3. The number of morpholine rings is 1. The highest BCUT2D eigenvalue weighted by atomic mass is 16.5. The van der Waals surface area contributed by atoms with Gasteiger partial charge in [0.25, 0.3) is 0 Å². The quantitative estimate of drug-likeness (QED) is 0.763. The number of carbonyl (C=O) groups is 1. The molecule has 0 aliphatic carbocycles. The third kappa shape index (κ3) is 3.19. The second-order valence-corrected chi connectivity index (χ2v) is 4.60. The Bertz CT molecular complexity index is 229. The topological polar surface area (TPSA) is 55.6 Å². The number of carbonyl (C=O) groups excluding carboxylic acids is 1. The third-order valence-corrected chi connectivity index (χ3v) is 3.54. The van der Waals surface area contributed by atoms with Crippen molar-refractivity contribution in [2.24, 2.45) is 11.7 Å². The van der Waals surface area contributed by atoms with Crippen LogP contribution >= 0.6 is 0 Å². The zero-order valence-electron chi connectivity index (χ0n) is 10.6. The fourth-order valence-electron chi connectivity index (χ4n) is 2.38. The molecule has 1 aliphatic heterocycles. The Labute approximate surface area is 98.1 Å². The molecule has 1 saturated heterocycles. The summed E-state index contributed by atoms with van der Waals surface area (Å²) in [6.07, 6.45) is 2.21. The van der Waals surface area contributed by atoms with Crippen molar-refractivity contribution in [1.82, 2.24) is 4.90 Å². The minimum atomic E-state index is -0.266. The molecule has 1 rings (SSSR count). The van der Waals surface area contributed by atoms with Gasteiger partial charge >= 0.3 is 0 Å². The van der Waals surface area contributed by atoms with E-state index in [2.05, 4.69) is 18.7 Å². The lowest BCUT2D eigenvalue weighted by Crippen LogP contribution is -2.57. The van der Waals surface area contributed by atoms with Crippen molar-refractivity contribution in [3.63, 3.8) is 0 Å². The molecule has 0 aromatic rings. The van der Waals surface area contributed by atoms with E-state index in [0.717, 1.165) is 25.9 Å². The highest BCUT2D eigenvalue weighted by Gasteiger charge is 2.34. The van der Waals surface area contributed by atoms with Crippen LogP contribution < -0.4 is 5.73 Å². The van der Waals surface area contributed by atoms with E-state index in [-0.39, 0.29) is 18.1 Å². The Morgan fingerprint density at radius 3 is 2.62 bits per heavy atom. The van der Waals surface area contributed by atoms with Gasteiger partial charge in [0.15, 0.2) is 0 Å². The van der Waals surface area contributed by atoms with Crippen LogP contribution in [0.5, 0.6) is 0 Å². The summed E-state index contributed by atoms with van der Waals surface area (Å²) in [6, 6.07) is -0.255. The van der Waals surface area contributed by atoms with Gasteiger partial charge in [-0.15, -0.1) is 0 Å². The predicted molar refractivity (Wildman–Crippen MR) is 64.0 cm³/mol. The van der Waals surface area contributed by atoms with Crippen molar-refractivity contribution >= 4 is 5.91 Å². The van der Waals surface area contributed by atoms with Crippen LogP contribution in [0.2, 0.25) is 0 Å². The lowest BCUT2D eigenvalue weighted by Gasteiger charge is -2.39. The molecule has 1 aliphatic rings. The second kappa shape index (κ2) is 6.21. The van der Waals surface area contributed by atoms with Gasteiger partial charge in [0.1, 0.15) is 6.04 Å². The van der Waals surface area contributed by atoms with Crippen molar-refractivity contribution < 1.29 is 9.53 Å². The highest BCUT2D eigenvalue weighted by molar-refractivity contribution is 5.80. The van der Waals surface area contributed by atoms with Crippen LogP contribution in [0.4, 0.5) is 0 Å².